The summed E-state index contributed by atoms with van der Waals surface area (Å²) in [5.74, 6) is 3.81. The highest BCUT2D eigenvalue weighted by molar-refractivity contribution is 5.34. The first-order valence-corrected chi connectivity index (χ1v) is 7.65. The van der Waals surface area contributed by atoms with E-state index >= 15 is 0 Å². The van der Waals surface area contributed by atoms with Gasteiger partial charge in [-0.1, -0.05) is 12.1 Å². The Hall–Kier alpha value is -1.42. The van der Waals surface area contributed by atoms with Gasteiger partial charge in [0.1, 0.15) is 0 Å². The van der Waals surface area contributed by atoms with E-state index in [1.807, 2.05) is 12.1 Å². The van der Waals surface area contributed by atoms with Gasteiger partial charge in [0.05, 0.1) is 4.92 Å². The first-order valence-electron chi connectivity index (χ1n) is 7.65. The predicted octanol–water partition coefficient (Wildman–Crippen LogP) is 3.29. The molecule has 2 bridgehead atoms. The van der Waals surface area contributed by atoms with E-state index < -0.39 is 0 Å². The Morgan fingerprint density at radius 3 is 2.35 bits per heavy atom. The van der Waals surface area contributed by atoms with Crippen molar-refractivity contribution in [2.24, 2.45) is 23.7 Å². The lowest BCUT2D eigenvalue weighted by molar-refractivity contribution is -0.384. The number of rotatable bonds is 4. The number of nitro benzene ring substituents is 1. The van der Waals surface area contributed by atoms with Crippen molar-refractivity contribution in [3.8, 4) is 0 Å². The molecule has 0 aromatic heterocycles. The maximum absolute atomic E-state index is 10.7. The molecule has 3 fully saturated rings. The lowest BCUT2D eigenvalue weighted by Crippen LogP contribution is -2.26. The first-order chi connectivity index (χ1) is 9.65. The van der Waals surface area contributed by atoms with Crippen molar-refractivity contribution < 1.29 is 4.92 Å². The molecule has 106 valence electrons. The molecule has 0 amide bonds. The summed E-state index contributed by atoms with van der Waals surface area (Å²) in [5, 5.41) is 14.4. The lowest BCUT2D eigenvalue weighted by Gasteiger charge is -2.17. The van der Waals surface area contributed by atoms with Crippen molar-refractivity contribution in [2.45, 2.75) is 38.3 Å². The number of fused-ring (bicyclic) bond motifs is 5. The molecule has 3 saturated carbocycles. The summed E-state index contributed by atoms with van der Waals surface area (Å²) in [6.07, 6.45) is 4.35. The van der Waals surface area contributed by atoms with E-state index in [0.29, 0.717) is 6.04 Å². The summed E-state index contributed by atoms with van der Waals surface area (Å²) in [6, 6.07) is 7.94. The highest BCUT2D eigenvalue weighted by Crippen LogP contribution is 2.65. The molecular weight excluding hydrogens is 252 g/mol. The molecule has 1 aromatic rings. The summed E-state index contributed by atoms with van der Waals surface area (Å²) in [4.78, 5) is 10.3. The van der Waals surface area contributed by atoms with Gasteiger partial charge in [0.25, 0.3) is 5.69 Å². The molecule has 4 heteroatoms. The molecule has 0 aliphatic heterocycles. The zero-order valence-electron chi connectivity index (χ0n) is 11.7. The molecule has 1 aromatic carbocycles. The molecule has 0 heterocycles. The quantitative estimate of drug-likeness (QED) is 0.676. The third-order valence-corrected chi connectivity index (χ3v) is 5.78. The van der Waals surface area contributed by atoms with Crippen molar-refractivity contribution in [3.05, 3.63) is 39.9 Å². The zero-order chi connectivity index (χ0) is 13.9. The Morgan fingerprint density at radius 2 is 1.80 bits per heavy atom. The highest BCUT2D eigenvalue weighted by atomic mass is 16.6. The van der Waals surface area contributed by atoms with Gasteiger partial charge >= 0.3 is 0 Å². The van der Waals surface area contributed by atoms with Crippen LogP contribution in [-0.4, -0.2) is 11.0 Å². The van der Waals surface area contributed by atoms with Crippen molar-refractivity contribution in [1.29, 1.82) is 0 Å². The number of hydrogen-bond acceptors (Lipinski definition) is 3. The summed E-state index contributed by atoms with van der Waals surface area (Å²) >= 11 is 0. The van der Waals surface area contributed by atoms with Crippen LogP contribution in [0.3, 0.4) is 0 Å². The minimum atomic E-state index is -0.342. The summed E-state index contributed by atoms with van der Waals surface area (Å²) in [5.41, 5.74) is 1.32. The minimum absolute atomic E-state index is 0.169. The van der Waals surface area contributed by atoms with Crippen LogP contribution in [0.15, 0.2) is 24.3 Å². The first kappa shape index (κ1) is 12.3. The molecule has 0 saturated heterocycles. The molecule has 5 atom stereocenters. The summed E-state index contributed by atoms with van der Waals surface area (Å²) in [7, 11) is 0. The monoisotopic (exact) mass is 272 g/mol. The van der Waals surface area contributed by atoms with E-state index in [0.717, 1.165) is 29.2 Å². The normalized spacial score (nSPS) is 38.5. The summed E-state index contributed by atoms with van der Waals surface area (Å²) < 4.78 is 0. The maximum atomic E-state index is 10.7. The molecule has 0 radical (unpaired) electrons. The molecular formula is C16H20N2O2. The zero-order valence-corrected chi connectivity index (χ0v) is 11.7. The number of non-ortho nitro benzene ring substituents is 1. The Bertz CT molecular complexity index is 526. The van der Waals surface area contributed by atoms with Gasteiger partial charge < -0.3 is 5.32 Å². The van der Waals surface area contributed by atoms with E-state index in [2.05, 4.69) is 12.2 Å². The van der Waals surface area contributed by atoms with E-state index in [4.69, 9.17) is 0 Å². The highest BCUT2D eigenvalue weighted by Gasteiger charge is 2.64. The average molecular weight is 272 g/mol. The SMILES string of the molecule is CC(NC1C2C3CCC(C3)C12)c1ccc([N+](=O)[O-])cc1. The van der Waals surface area contributed by atoms with Gasteiger partial charge in [-0.15, -0.1) is 0 Å². The van der Waals surface area contributed by atoms with E-state index in [1.165, 1.54) is 19.3 Å². The lowest BCUT2D eigenvalue weighted by atomic mass is 10.0. The molecule has 1 N–H and O–H groups in total. The molecule has 3 aliphatic rings. The Balaban J connectivity index is 1.41. The second-order valence-corrected chi connectivity index (χ2v) is 6.75. The van der Waals surface area contributed by atoms with Crippen LogP contribution in [0, 0.1) is 33.8 Å². The standard InChI is InChI=1S/C16H20N2O2/c1-9(10-4-6-13(7-5-10)18(19)20)17-16-14-11-2-3-12(8-11)15(14)16/h4-7,9,11-12,14-17H,2-3,8H2,1H3. The molecule has 4 rings (SSSR count). The number of hydrogen-bond donors (Lipinski definition) is 1. The van der Waals surface area contributed by atoms with Gasteiger partial charge in [-0.05, 0) is 55.4 Å². The molecule has 5 unspecified atom stereocenters. The van der Waals surface area contributed by atoms with Gasteiger partial charge in [-0.3, -0.25) is 10.1 Å². The third kappa shape index (κ3) is 1.78. The molecule has 20 heavy (non-hydrogen) atoms. The van der Waals surface area contributed by atoms with Crippen LogP contribution >= 0.6 is 0 Å². The number of nitrogens with zero attached hydrogens (tertiary/aromatic N) is 1. The van der Waals surface area contributed by atoms with Gasteiger partial charge in [0.15, 0.2) is 0 Å². The van der Waals surface area contributed by atoms with Crippen molar-refractivity contribution in [2.75, 3.05) is 0 Å². The number of nitro groups is 1. The largest absolute Gasteiger partial charge is 0.307 e. The smallest absolute Gasteiger partial charge is 0.269 e. The second kappa shape index (κ2) is 4.29. The Labute approximate surface area is 118 Å². The minimum Gasteiger partial charge on any atom is -0.307 e. The van der Waals surface area contributed by atoms with E-state index in [1.54, 1.807) is 12.1 Å². The van der Waals surface area contributed by atoms with Gasteiger partial charge in [0.2, 0.25) is 0 Å². The third-order valence-electron chi connectivity index (χ3n) is 5.78. The summed E-state index contributed by atoms with van der Waals surface area (Å²) in [6.45, 7) is 2.16. The van der Waals surface area contributed by atoms with Crippen LogP contribution in [0.25, 0.3) is 0 Å². The van der Waals surface area contributed by atoms with Gasteiger partial charge in [-0.25, -0.2) is 0 Å². The second-order valence-electron chi connectivity index (χ2n) is 6.75. The fourth-order valence-corrected chi connectivity index (χ4v) is 4.82. The van der Waals surface area contributed by atoms with Crippen LogP contribution in [0.5, 0.6) is 0 Å². The Morgan fingerprint density at radius 1 is 1.20 bits per heavy atom. The fraction of sp³-hybridized carbons (Fsp3) is 0.625. The van der Waals surface area contributed by atoms with E-state index in [9.17, 15) is 10.1 Å². The van der Waals surface area contributed by atoms with Gasteiger partial charge in [-0.2, -0.15) is 0 Å². The fourth-order valence-electron chi connectivity index (χ4n) is 4.82. The van der Waals surface area contributed by atoms with Crippen LogP contribution in [0.4, 0.5) is 5.69 Å². The van der Waals surface area contributed by atoms with Crippen LogP contribution < -0.4 is 5.32 Å². The van der Waals surface area contributed by atoms with Crippen molar-refractivity contribution in [3.63, 3.8) is 0 Å². The van der Waals surface area contributed by atoms with Crippen molar-refractivity contribution in [1.82, 2.24) is 5.32 Å². The molecule has 0 spiro atoms. The topological polar surface area (TPSA) is 55.2 Å². The Kier molecular flexibility index (Phi) is 2.64. The van der Waals surface area contributed by atoms with Crippen LogP contribution in [0.2, 0.25) is 0 Å². The molecule has 3 aliphatic carbocycles. The van der Waals surface area contributed by atoms with Crippen LogP contribution in [-0.2, 0) is 0 Å². The van der Waals surface area contributed by atoms with Crippen molar-refractivity contribution >= 4 is 5.69 Å². The predicted molar refractivity (Wildman–Crippen MR) is 76.2 cm³/mol. The number of benzene rings is 1. The maximum Gasteiger partial charge on any atom is 0.269 e. The average Bonchev–Trinajstić information content (AvgIpc) is 2.84. The van der Waals surface area contributed by atoms with Gasteiger partial charge in [0, 0.05) is 24.2 Å². The van der Waals surface area contributed by atoms with Crippen LogP contribution in [0.1, 0.15) is 37.8 Å². The van der Waals surface area contributed by atoms with E-state index in [-0.39, 0.29) is 16.7 Å². The molecule has 4 nitrogen and oxygen atoms in total. The number of nitrogens with one attached hydrogen (secondary N) is 1.